The molecule has 1 saturated heterocycles. The fourth-order valence-electron chi connectivity index (χ4n) is 1.96. The number of aliphatic carboxylic acids is 1. The summed E-state index contributed by atoms with van der Waals surface area (Å²) in [6.45, 7) is 3.71. The van der Waals surface area contributed by atoms with E-state index >= 15 is 0 Å². The summed E-state index contributed by atoms with van der Waals surface area (Å²) in [6.07, 6.45) is 1.74. The minimum Gasteiger partial charge on any atom is -0.480 e. The highest BCUT2D eigenvalue weighted by Crippen LogP contribution is 2.24. The Kier molecular flexibility index (Phi) is 3.21. The number of aromatic amines is 1. The van der Waals surface area contributed by atoms with Gasteiger partial charge in [0.2, 0.25) is 0 Å². The molecule has 2 heterocycles. The predicted octanol–water partition coefficient (Wildman–Crippen LogP) is 0.176. The standard InChI is InChI=1S/C10H15N3O3/c1-7-4-11-12-10(7)8-6-16-3-2-13(8)5-9(14)15/h4,8H,2-3,5-6H2,1H3,(H,11,12)(H,14,15). The number of nitrogens with one attached hydrogen (secondary N) is 1. The van der Waals surface area contributed by atoms with E-state index < -0.39 is 5.97 Å². The van der Waals surface area contributed by atoms with Crippen molar-refractivity contribution in [2.45, 2.75) is 13.0 Å². The first-order valence-corrected chi connectivity index (χ1v) is 5.22. The molecular weight excluding hydrogens is 210 g/mol. The van der Waals surface area contributed by atoms with Gasteiger partial charge in [-0.15, -0.1) is 0 Å². The fourth-order valence-corrected chi connectivity index (χ4v) is 1.96. The van der Waals surface area contributed by atoms with Gasteiger partial charge in [-0.2, -0.15) is 5.10 Å². The highest BCUT2D eigenvalue weighted by atomic mass is 16.5. The molecule has 1 aromatic rings. The van der Waals surface area contributed by atoms with E-state index in [1.54, 1.807) is 6.20 Å². The van der Waals surface area contributed by atoms with Gasteiger partial charge in [0.25, 0.3) is 0 Å². The topological polar surface area (TPSA) is 78.5 Å². The number of aromatic nitrogens is 2. The van der Waals surface area contributed by atoms with Crippen LogP contribution in [-0.2, 0) is 9.53 Å². The average Bonchev–Trinajstić information content (AvgIpc) is 2.64. The lowest BCUT2D eigenvalue weighted by Gasteiger charge is -2.33. The first-order valence-electron chi connectivity index (χ1n) is 5.22. The van der Waals surface area contributed by atoms with E-state index in [9.17, 15) is 4.79 Å². The van der Waals surface area contributed by atoms with E-state index in [1.165, 1.54) is 0 Å². The van der Waals surface area contributed by atoms with Gasteiger partial charge in [0.1, 0.15) is 0 Å². The number of carboxylic acids is 1. The second kappa shape index (κ2) is 4.63. The van der Waals surface area contributed by atoms with Gasteiger partial charge in [-0.1, -0.05) is 0 Å². The Balaban J connectivity index is 2.16. The van der Waals surface area contributed by atoms with E-state index in [4.69, 9.17) is 9.84 Å². The van der Waals surface area contributed by atoms with Gasteiger partial charge in [0.15, 0.2) is 0 Å². The van der Waals surface area contributed by atoms with Gasteiger partial charge >= 0.3 is 5.97 Å². The third-order valence-electron chi connectivity index (χ3n) is 2.78. The van der Waals surface area contributed by atoms with Crippen LogP contribution in [-0.4, -0.2) is 52.5 Å². The third kappa shape index (κ3) is 2.23. The van der Waals surface area contributed by atoms with Gasteiger partial charge in [-0.05, 0) is 12.5 Å². The van der Waals surface area contributed by atoms with Crippen molar-refractivity contribution >= 4 is 5.97 Å². The number of nitrogens with zero attached hydrogens (tertiary/aromatic N) is 2. The molecule has 6 nitrogen and oxygen atoms in total. The summed E-state index contributed by atoms with van der Waals surface area (Å²) in [6, 6.07) is -0.0349. The van der Waals surface area contributed by atoms with Crippen LogP contribution >= 0.6 is 0 Å². The maximum atomic E-state index is 10.8. The molecule has 0 aromatic carbocycles. The van der Waals surface area contributed by atoms with Crippen LogP contribution in [0.1, 0.15) is 17.3 Å². The van der Waals surface area contributed by atoms with Gasteiger partial charge in [-0.3, -0.25) is 14.8 Å². The number of rotatable bonds is 3. The van der Waals surface area contributed by atoms with Crippen LogP contribution in [0, 0.1) is 6.92 Å². The van der Waals surface area contributed by atoms with Crippen LogP contribution in [0.3, 0.4) is 0 Å². The smallest absolute Gasteiger partial charge is 0.317 e. The summed E-state index contributed by atoms with van der Waals surface area (Å²) in [5.41, 5.74) is 1.98. The average molecular weight is 225 g/mol. The lowest BCUT2D eigenvalue weighted by Crippen LogP contribution is -2.42. The zero-order valence-corrected chi connectivity index (χ0v) is 9.14. The largest absolute Gasteiger partial charge is 0.480 e. The fraction of sp³-hybridized carbons (Fsp3) is 0.600. The van der Waals surface area contributed by atoms with Crippen LogP contribution in [0.15, 0.2) is 6.20 Å². The zero-order chi connectivity index (χ0) is 11.5. The lowest BCUT2D eigenvalue weighted by atomic mass is 10.1. The minimum atomic E-state index is -0.816. The van der Waals surface area contributed by atoms with Gasteiger partial charge in [-0.25, -0.2) is 0 Å². The van der Waals surface area contributed by atoms with Crippen LogP contribution < -0.4 is 0 Å². The van der Waals surface area contributed by atoms with E-state index in [1.807, 2.05) is 11.8 Å². The van der Waals surface area contributed by atoms with E-state index in [0.717, 1.165) is 11.3 Å². The maximum Gasteiger partial charge on any atom is 0.317 e. The van der Waals surface area contributed by atoms with Crippen molar-refractivity contribution in [2.24, 2.45) is 0 Å². The number of carbonyl (C=O) groups is 1. The van der Waals surface area contributed by atoms with E-state index in [0.29, 0.717) is 19.8 Å². The van der Waals surface area contributed by atoms with Gasteiger partial charge in [0.05, 0.1) is 37.7 Å². The summed E-state index contributed by atoms with van der Waals surface area (Å²) < 4.78 is 5.39. The molecular formula is C10H15N3O3. The van der Waals surface area contributed by atoms with Crippen molar-refractivity contribution in [3.63, 3.8) is 0 Å². The van der Waals surface area contributed by atoms with E-state index in [2.05, 4.69) is 10.2 Å². The van der Waals surface area contributed by atoms with Crippen molar-refractivity contribution in [1.29, 1.82) is 0 Å². The first-order chi connectivity index (χ1) is 7.68. The lowest BCUT2D eigenvalue weighted by molar-refractivity contribution is -0.140. The number of carboxylic acid groups (broad SMARTS) is 1. The summed E-state index contributed by atoms with van der Waals surface area (Å²) in [5, 5.41) is 15.7. The Bertz CT molecular complexity index is 377. The van der Waals surface area contributed by atoms with Crippen LogP contribution in [0.4, 0.5) is 0 Å². The molecule has 1 fully saturated rings. The van der Waals surface area contributed by atoms with Crippen molar-refractivity contribution < 1.29 is 14.6 Å². The van der Waals surface area contributed by atoms with Gasteiger partial charge < -0.3 is 9.84 Å². The summed E-state index contributed by atoms with van der Waals surface area (Å²) in [4.78, 5) is 12.7. The SMILES string of the molecule is Cc1cn[nH]c1C1COCCN1CC(=O)O. The molecule has 0 amide bonds. The molecule has 0 spiro atoms. The second-order valence-electron chi connectivity index (χ2n) is 3.92. The molecule has 0 saturated carbocycles. The van der Waals surface area contributed by atoms with Crippen LogP contribution in [0.25, 0.3) is 0 Å². The van der Waals surface area contributed by atoms with Gasteiger partial charge in [0, 0.05) is 6.54 Å². The number of H-pyrrole nitrogens is 1. The number of hydrogen-bond donors (Lipinski definition) is 2. The first kappa shape index (κ1) is 11.1. The number of aryl methyl sites for hydroxylation is 1. The third-order valence-corrected chi connectivity index (χ3v) is 2.78. The monoisotopic (exact) mass is 225 g/mol. The Morgan fingerprint density at radius 2 is 2.62 bits per heavy atom. The highest BCUT2D eigenvalue weighted by molar-refractivity contribution is 5.69. The molecule has 16 heavy (non-hydrogen) atoms. The normalized spacial score (nSPS) is 22.2. The number of ether oxygens (including phenoxy) is 1. The van der Waals surface area contributed by atoms with Crippen LogP contribution in [0.2, 0.25) is 0 Å². The molecule has 2 N–H and O–H groups in total. The molecule has 1 aromatic heterocycles. The number of morpholine rings is 1. The molecule has 1 atom stereocenters. The van der Waals surface area contributed by atoms with Crippen molar-refractivity contribution in [1.82, 2.24) is 15.1 Å². The maximum absolute atomic E-state index is 10.8. The molecule has 2 rings (SSSR count). The summed E-state index contributed by atoms with van der Waals surface area (Å²) in [7, 11) is 0. The molecule has 1 unspecified atom stereocenters. The van der Waals surface area contributed by atoms with Crippen molar-refractivity contribution in [3.05, 3.63) is 17.5 Å². The quantitative estimate of drug-likeness (QED) is 0.767. The second-order valence-corrected chi connectivity index (χ2v) is 3.92. The molecule has 1 aliphatic heterocycles. The Morgan fingerprint density at radius 1 is 1.81 bits per heavy atom. The Hall–Kier alpha value is -1.40. The highest BCUT2D eigenvalue weighted by Gasteiger charge is 2.28. The van der Waals surface area contributed by atoms with E-state index in [-0.39, 0.29) is 12.6 Å². The van der Waals surface area contributed by atoms with Crippen molar-refractivity contribution in [2.75, 3.05) is 26.3 Å². The number of hydrogen-bond acceptors (Lipinski definition) is 4. The molecule has 88 valence electrons. The summed E-state index contributed by atoms with van der Waals surface area (Å²) >= 11 is 0. The predicted molar refractivity (Wildman–Crippen MR) is 56.1 cm³/mol. The molecule has 6 heteroatoms. The zero-order valence-electron chi connectivity index (χ0n) is 9.14. The molecule has 0 radical (unpaired) electrons. The Morgan fingerprint density at radius 3 is 3.25 bits per heavy atom. The van der Waals surface area contributed by atoms with Crippen LogP contribution in [0.5, 0.6) is 0 Å². The molecule has 1 aliphatic rings. The summed E-state index contributed by atoms with van der Waals surface area (Å²) in [5.74, 6) is -0.816. The minimum absolute atomic E-state index is 0.0342. The molecule has 0 bridgehead atoms. The Labute approximate surface area is 93.2 Å². The van der Waals surface area contributed by atoms with Crippen molar-refractivity contribution in [3.8, 4) is 0 Å². The molecule has 0 aliphatic carbocycles.